The van der Waals surface area contributed by atoms with Crippen LogP contribution in [0.25, 0.3) is 0 Å². The van der Waals surface area contributed by atoms with E-state index >= 15 is 0 Å². The van der Waals surface area contributed by atoms with Gasteiger partial charge >= 0.3 is 0 Å². The lowest BCUT2D eigenvalue weighted by Gasteiger charge is -2.32. The Morgan fingerprint density at radius 1 is 1.50 bits per heavy atom. The van der Waals surface area contributed by atoms with E-state index in [2.05, 4.69) is 5.10 Å². The van der Waals surface area contributed by atoms with Crippen molar-refractivity contribution >= 4 is 5.91 Å². The molecule has 0 N–H and O–H groups in total. The molecule has 1 amide bonds. The Morgan fingerprint density at radius 2 is 2.38 bits per heavy atom. The highest BCUT2D eigenvalue weighted by atomic mass is 16.6. The minimum Gasteiger partial charge on any atom is -0.377 e. The summed E-state index contributed by atoms with van der Waals surface area (Å²) in [6.07, 6.45) is 4.59. The summed E-state index contributed by atoms with van der Waals surface area (Å²) in [6.45, 7) is 4.67. The third-order valence-corrected chi connectivity index (χ3v) is 4.67. The van der Waals surface area contributed by atoms with Gasteiger partial charge < -0.3 is 14.4 Å². The SMILES string of the molecule is CCCC(=O)N1CCOC[C@@]2(CC[C@@H](Cn3ncccc3=O)O2)C1. The Morgan fingerprint density at radius 3 is 3.17 bits per heavy atom. The molecule has 0 aliphatic carbocycles. The normalized spacial score (nSPS) is 27.4. The molecular formula is C17H25N3O4. The topological polar surface area (TPSA) is 73.7 Å². The first-order valence-electron chi connectivity index (χ1n) is 8.67. The van der Waals surface area contributed by atoms with Crippen molar-refractivity contribution < 1.29 is 14.3 Å². The van der Waals surface area contributed by atoms with Crippen molar-refractivity contribution in [2.45, 2.75) is 50.9 Å². The molecule has 24 heavy (non-hydrogen) atoms. The van der Waals surface area contributed by atoms with Crippen LogP contribution in [0.15, 0.2) is 23.1 Å². The maximum absolute atomic E-state index is 12.3. The van der Waals surface area contributed by atoms with Crippen LogP contribution in [0.4, 0.5) is 0 Å². The van der Waals surface area contributed by atoms with Crippen LogP contribution in [0.1, 0.15) is 32.6 Å². The summed E-state index contributed by atoms with van der Waals surface area (Å²) in [5.41, 5.74) is -0.581. The second-order valence-corrected chi connectivity index (χ2v) is 6.62. The molecule has 132 valence electrons. The molecule has 2 aliphatic heterocycles. The number of carbonyl (C=O) groups excluding carboxylic acids is 1. The largest absolute Gasteiger partial charge is 0.377 e. The Labute approximate surface area is 141 Å². The molecule has 0 radical (unpaired) electrons. The number of ether oxygens (including phenoxy) is 2. The maximum Gasteiger partial charge on any atom is 0.266 e. The number of amides is 1. The standard InChI is InChI=1S/C17H25N3O4/c1-2-4-15(21)19-9-10-23-13-17(12-19)7-6-14(24-17)11-20-16(22)5-3-8-18-20/h3,5,8,14H,2,4,6-7,9-13H2,1H3/t14-,17+/m0/s1. The molecule has 7 nitrogen and oxygen atoms in total. The number of aromatic nitrogens is 2. The highest BCUT2D eigenvalue weighted by molar-refractivity contribution is 5.76. The van der Waals surface area contributed by atoms with Gasteiger partial charge in [0.2, 0.25) is 5.91 Å². The summed E-state index contributed by atoms with van der Waals surface area (Å²) in [5, 5.41) is 4.09. The van der Waals surface area contributed by atoms with Crippen LogP contribution in [0.3, 0.4) is 0 Å². The van der Waals surface area contributed by atoms with Crippen molar-refractivity contribution in [1.29, 1.82) is 0 Å². The molecule has 1 aromatic rings. The van der Waals surface area contributed by atoms with Crippen molar-refractivity contribution in [1.82, 2.24) is 14.7 Å². The number of hydrogen-bond acceptors (Lipinski definition) is 5. The number of nitrogens with zero attached hydrogens (tertiary/aromatic N) is 3. The lowest BCUT2D eigenvalue weighted by molar-refractivity contribution is -0.136. The third kappa shape index (κ3) is 3.84. The third-order valence-electron chi connectivity index (χ3n) is 4.67. The summed E-state index contributed by atoms with van der Waals surface area (Å²) in [5.74, 6) is 0.162. The Kier molecular flexibility index (Phi) is 5.30. The summed E-state index contributed by atoms with van der Waals surface area (Å²) >= 11 is 0. The van der Waals surface area contributed by atoms with Crippen molar-refractivity contribution in [3.8, 4) is 0 Å². The molecule has 1 spiro atoms. The molecule has 2 aliphatic rings. The number of hydrogen-bond donors (Lipinski definition) is 0. The van der Waals surface area contributed by atoms with E-state index in [4.69, 9.17) is 9.47 Å². The molecule has 1 aromatic heterocycles. The first-order chi connectivity index (χ1) is 11.6. The second-order valence-electron chi connectivity index (χ2n) is 6.62. The average Bonchev–Trinajstić information content (AvgIpc) is 2.82. The average molecular weight is 335 g/mol. The zero-order valence-electron chi connectivity index (χ0n) is 14.1. The predicted molar refractivity (Wildman–Crippen MR) is 87.6 cm³/mol. The van der Waals surface area contributed by atoms with E-state index in [9.17, 15) is 9.59 Å². The maximum atomic E-state index is 12.3. The zero-order chi connectivity index (χ0) is 17.0. The molecule has 3 rings (SSSR count). The molecule has 2 fully saturated rings. The molecule has 7 heteroatoms. The molecule has 2 saturated heterocycles. The number of rotatable bonds is 4. The van der Waals surface area contributed by atoms with Gasteiger partial charge in [0.05, 0.1) is 32.4 Å². The fraction of sp³-hybridized carbons (Fsp3) is 0.706. The monoisotopic (exact) mass is 335 g/mol. The fourth-order valence-corrected chi connectivity index (χ4v) is 3.45. The van der Waals surface area contributed by atoms with Crippen LogP contribution < -0.4 is 5.56 Å². The van der Waals surface area contributed by atoms with E-state index in [1.807, 2.05) is 11.8 Å². The van der Waals surface area contributed by atoms with Gasteiger partial charge in [0.1, 0.15) is 5.60 Å². The van der Waals surface area contributed by atoms with Crippen LogP contribution in [0.2, 0.25) is 0 Å². The smallest absolute Gasteiger partial charge is 0.266 e. The van der Waals surface area contributed by atoms with Crippen molar-refractivity contribution in [3.05, 3.63) is 28.7 Å². The van der Waals surface area contributed by atoms with Gasteiger partial charge in [-0.3, -0.25) is 9.59 Å². The second kappa shape index (κ2) is 7.44. The molecular weight excluding hydrogens is 310 g/mol. The first-order valence-corrected chi connectivity index (χ1v) is 8.67. The Balaban J connectivity index is 1.66. The Hall–Kier alpha value is -1.73. The minimum absolute atomic E-state index is 0.0811. The van der Waals surface area contributed by atoms with E-state index < -0.39 is 5.60 Å². The summed E-state index contributed by atoms with van der Waals surface area (Å²) in [7, 11) is 0. The summed E-state index contributed by atoms with van der Waals surface area (Å²) < 4.78 is 13.4. The fourth-order valence-electron chi connectivity index (χ4n) is 3.45. The molecule has 0 aromatic carbocycles. The predicted octanol–water partition coefficient (Wildman–Crippen LogP) is 0.820. The zero-order valence-corrected chi connectivity index (χ0v) is 14.1. The molecule has 0 saturated carbocycles. The van der Waals surface area contributed by atoms with E-state index in [0.29, 0.717) is 39.3 Å². The lowest BCUT2D eigenvalue weighted by Crippen LogP contribution is -2.47. The quantitative estimate of drug-likeness (QED) is 0.814. The molecule has 3 heterocycles. The van der Waals surface area contributed by atoms with Crippen LogP contribution in [-0.2, 0) is 20.8 Å². The lowest BCUT2D eigenvalue weighted by atomic mass is 10.00. The van der Waals surface area contributed by atoms with Gasteiger partial charge in [0.15, 0.2) is 0 Å². The van der Waals surface area contributed by atoms with Gasteiger partial charge in [-0.1, -0.05) is 6.92 Å². The van der Waals surface area contributed by atoms with Gasteiger partial charge in [0, 0.05) is 25.2 Å². The minimum atomic E-state index is -0.455. The molecule has 0 bridgehead atoms. The highest BCUT2D eigenvalue weighted by Crippen LogP contribution is 2.33. The van der Waals surface area contributed by atoms with E-state index in [1.165, 1.54) is 10.7 Å². The van der Waals surface area contributed by atoms with Crippen molar-refractivity contribution in [3.63, 3.8) is 0 Å². The van der Waals surface area contributed by atoms with Crippen molar-refractivity contribution in [2.75, 3.05) is 26.3 Å². The summed E-state index contributed by atoms with van der Waals surface area (Å²) in [4.78, 5) is 25.9. The Bertz CT molecular complexity index is 632. The van der Waals surface area contributed by atoms with Gasteiger partial charge in [-0.05, 0) is 25.3 Å². The van der Waals surface area contributed by atoms with Crippen LogP contribution in [-0.4, -0.2) is 58.6 Å². The number of carbonyl (C=O) groups is 1. The first kappa shape index (κ1) is 17.1. The van der Waals surface area contributed by atoms with Gasteiger partial charge in [0.25, 0.3) is 5.56 Å². The van der Waals surface area contributed by atoms with Gasteiger partial charge in [-0.25, -0.2) is 4.68 Å². The van der Waals surface area contributed by atoms with Gasteiger partial charge in [-0.15, -0.1) is 0 Å². The molecule has 0 unspecified atom stereocenters. The molecule has 2 atom stereocenters. The van der Waals surface area contributed by atoms with Crippen LogP contribution in [0, 0.1) is 0 Å². The van der Waals surface area contributed by atoms with E-state index in [0.717, 1.165) is 19.3 Å². The van der Waals surface area contributed by atoms with E-state index in [-0.39, 0.29) is 17.6 Å². The van der Waals surface area contributed by atoms with Gasteiger partial charge in [-0.2, -0.15) is 5.10 Å². The summed E-state index contributed by atoms with van der Waals surface area (Å²) in [6, 6.07) is 3.13. The highest BCUT2D eigenvalue weighted by Gasteiger charge is 2.44. The van der Waals surface area contributed by atoms with E-state index in [1.54, 1.807) is 12.3 Å². The van der Waals surface area contributed by atoms with Crippen LogP contribution >= 0.6 is 0 Å². The van der Waals surface area contributed by atoms with Crippen LogP contribution in [0.5, 0.6) is 0 Å². The van der Waals surface area contributed by atoms with Crippen molar-refractivity contribution in [2.24, 2.45) is 0 Å².